The first-order valence-electron chi connectivity index (χ1n) is 17.5. The number of likely N-dealkylation sites (N-methyl/N-ethyl adjacent to an activating group) is 1. The molecule has 6 rings (SSSR count). The van der Waals surface area contributed by atoms with Crippen LogP contribution in [0.1, 0.15) is 57.3 Å². The summed E-state index contributed by atoms with van der Waals surface area (Å²) < 4.78 is 13.0. The van der Waals surface area contributed by atoms with E-state index in [0.29, 0.717) is 29.1 Å². The standard InChI is InChI=1S/C39H46ClN3O7/c1-6-23(2)28(22-44)43-35-37(47)42(33-24(3)14-13-17-27(33)40)21-12-8-11-18-30(45)41(5)25(4)34(26-15-9-7-10-16-26)49-38(48)31-29-19-20-39(35,50-29)32(31)36(43)46/h7-10,12-17,19-20,23,25,28-29,31-32,34-35,44H,6,11,18,21-22H2,1-5H3/b12-8-/t23-,25+,28-,29-,31+,32+,34-,35-,39+/m0/s1. The number of likely N-dealkylation sites (tertiary alicyclic amines) is 1. The molecule has 2 aromatic carbocycles. The molecule has 0 saturated carbocycles. The Balaban J connectivity index is 1.52. The molecule has 9 atom stereocenters. The van der Waals surface area contributed by atoms with Gasteiger partial charge in [0.1, 0.15) is 23.7 Å². The lowest BCUT2D eigenvalue weighted by Crippen LogP contribution is -2.59. The van der Waals surface area contributed by atoms with E-state index in [1.807, 2.05) is 76.2 Å². The minimum atomic E-state index is -1.49. The number of rotatable bonds is 6. The Labute approximate surface area is 298 Å². The van der Waals surface area contributed by atoms with Crippen LogP contribution in [0.5, 0.6) is 0 Å². The predicted molar refractivity (Wildman–Crippen MR) is 189 cm³/mol. The largest absolute Gasteiger partial charge is 0.455 e. The third-order valence-corrected chi connectivity index (χ3v) is 11.5. The van der Waals surface area contributed by atoms with Crippen LogP contribution in [-0.2, 0) is 28.7 Å². The predicted octanol–water partition coefficient (Wildman–Crippen LogP) is 5.02. The minimum Gasteiger partial charge on any atom is -0.455 e. The summed E-state index contributed by atoms with van der Waals surface area (Å²) in [5.74, 6) is -3.99. The molecule has 0 aromatic heterocycles. The fourth-order valence-electron chi connectivity index (χ4n) is 8.14. The van der Waals surface area contributed by atoms with E-state index in [2.05, 4.69) is 0 Å². The van der Waals surface area contributed by atoms with Crippen molar-refractivity contribution >= 4 is 41.0 Å². The molecular weight excluding hydrogens is 658 g/mol. The topological polar surface area (TPSA) is 117 Å². The number of ether oxygens (including phenoxy) is 2. The molecule has 2 fully saturated rings. The molecule has 2 aromatic rings. The number of carbonyl (C=O) groups excluding carboxylic acids is 4. The van der Waals surface area contributed by atoms with Crippen molar-refractivity contribution in [2.45, 2.75) is 82.9 Å². The van der Waals surface area contributed by atoms with Crippen molar-refractivity contribution < 1.29 is 33.8 Å². The van der Waals surface area contributed by atoms with Gasteiger partial charge in [0.05, 0.1) is 41.4 Å². The number of aryl methyl sites for hydroxylation is 1. The lowest BCUT2D eigenvalue weighted by atomic mass is 9.74. The van der Waals surface area contributed by atoms with Gasteiger partial charge in [0.2, 0.25) is 11.8 Å². The average molecular weight is 704 g/mol. The maximum atomic E-state index is 15.2. The monoisotopic (exact) mass is 703 g/mol. The number of nitrogens with zero attached hydrogens (tertiary/aromatic N) is 3. The smallest absolute Gasteiger partial charge is 0.313 e. The lowest BCUT2D eigenvalue weighted by molar-refractivity contribution is -0.164. The first-order chi connectivity index (χ1) is 24.0. The van der Waals surface area contributed by atoms with E-state index in [9.17, 15) is 19.5 Å². The fraction of sp³-hybridized carbons (Fsp3) is 0.487. The first-order valence-corrected chi connectivity index (χ1v) is 17.9. The van der Waals surface area contributed by atoms with Crippen molar-refractivity contribution in [3.63, 3.8) is 0 Å². The number of amides is 3. The second kappa shape index (κ2) is 14.3. The Morgan fingerprint density at radius 1 is 1.04 bits per heavy atom. The van der Waals surface area contributed by atoms with Crippen molar-refractivity contribution in [3.05, 3.63) is 89.0 Å². The molecule has 1 N–H and O–H groups in total. The van der Waals surface area contributed by atoms with Crippen molar-refractivity contribution in [2.24, 2.45) is 17.8 Å². The molecule has 0 aliphatic carbocycles. The van der Waals surface area contributed by atoms with Gasteiger partial charge in [-0.2, -0.15) is 0 Å². The minimum absolute atomic E-state index is 0.102. The summed E-state index contributed by atoms with van der Waals surface area (Å²) in [5, 5.41) is 11.1. The van der Waals surface area contributed by atoms with Gasteiger partial charge in [0.15, 0.2) is 0 Å². The maximum absolute atomic E-state index is 15.2. The Bertz CT molecular complexity index is 1680. The zero-order valence-electron chi connectivity index (χ0n) is 29.2. The SMILES string of the molecule is CC[C@H](C)[C@H](CO)N1C(=O)[C@H]2[C@@H]3C(=O)O[C@H](c4ccccc4)[C@@H](C)N(C)C(=O)CC/C=C\CN(c4c(C)cccc4Cl)C(=O)[C@H]1[C@@]21C=C[C@@H]3O1. The highest BCUT2D eigenvalue weighted by molar-refractivity contribution is 6.34. The normalized spacial score (nSPS) is 31.9. The Morgan fingerprint density at radius 2 is 1.78 bits per heavy atom. The van der Waals surface area contributed by atoms with Crippen molar-refractivity contribution in [3.8, 4) is 0 Å². The molecule has 266 valence electrons. The fourth-order valence-corrected chi connectivity index (χ4v) is 8.46. The number of benzene rings is 2. The molecule has 11 heteroatoms. The molecular formula is C39H46ClN3O7. The van der Waals surface area contributed by atoms with Gasteiger partial charge in [-0.05, 0) is 43.4 Å². The molecule has 4 heterocycles. The molecule has 2 saturated heterocycles. The van der Waals surface area contributed by atoms with Gasteiger partial charge in [0, 0.05) is 20.0 Å². The number of cyclic esters (lactones) is 1. The summed E-state index contributed by atoms with van der Waals surface area (Å²) in [5.41, 5.74) is 0.452. The Hall–Kier alpha value is -3.99. The van der Waals surface area contributed by atoms with E-state index in [0.717, 1.165) is 5.56 Å². The van der Waals surface area contributed by atoms with E-state index < -0.39 is 65.6 Å². The van der Waals surface area contributed by atoms with Gasteiger partial charge in [-0.3, -0.25) is 19.2 Å². The van der Waals surface area contributed by atoms with Crippen LogP contribution in [0, 0.1) is 24.7 Å². The molecule has 0 radical (unpaired) electrons. The number of aliphatic hydroxyl groups excluding tert-OH is 1. The van der Waals surface area contributed by atoms with Crippen LogP contribution >= 0.6 is 11.6 Å². The van der Waals surface area contributed by atoms with Crippen LogP contribution in [0.2, 0.25) is 5.02 Å². The number of hydrogen-bond acceptors (Lipinski definition) is 7. The highest BCUT2D eigenvalue weighted by atomic mass is 35.5. The quantitative estimate of drug-likeness (QED) is 0.332. The zero-order valence-corrected chi connectivity index (χ0v) is 30.0. The summed E-state index contributed by atoms with van der Waals surface area (Å²) in [6.45, 7) is 7.32. The molecule has 0 unspecified atom stereocenters. The number of esters is 1. The highest BCUT2D eigenvalue weighted by Crippen LogP contribution is 2.57. The summed E-state index contributed by atoms with van der Waals surface area (Å²) in [6, 6.07) is 12.1. The van der Waals surface area contributed by atoms with E-state index in [4.69, 9.17) is 21.1 Å². The number of halogens is 1. The van der Waals surface area contributed by atoms with Gasteiger partial charge in [-0.25, -0.2) is 0 Å². The molecule has 5 bridgehead atoms. The molecule has 50 heavy (non-hydrogen) atoms. The second-order valence-electron chi connectivity index (χ2n) is 14.0. The highest BCUT2D eigenvalue weighted by Gasteiger charge is 2.74. The third-order valence-electron chi connectivity index (χ3n) is 11.2. The summed E-state index contributed by atoms with van der Waals surface area (Å²) >= 11 is 6.78. The van der Waals surface area contributed by atoms with E-state index in [1.165, 1.54) is 4.90 Å². The number of aliphatic hydroxyl groups is 1. The van der Waals surface area contributed by atoms with Crippen LogP contribution in [0.25, 0.3) is 0 Å². The van der Waals surface area contributed by atoms with Crippen LogP contribution in [0.4, 0.5) is 5.69 Å². The molecule has 1 spiro atoms. The first kappa shape index (κ1) is 35.8. The summed E-state index contributed by atoms with van der Waals surface area (Å²) in [7, 11) is 1.69. The lowest BCUT2D eigenvalue weighted by Gasteiger charge is -2.40. The number of carbonyl (C=O) groups is 4. The number of hydrogen-bond donors (Lipinski definition) is 1. The van der Waals surface area contributed by atoms with Crippen LogP contribution < -0.4 is 4.90 Å². The van der Waals surface area contributed by atoms with Crippen molar-refractivity contribution in [2.75, 3.05) is 25.1 Å². The molecule has 4 aliphatic rings. The number of para-hydroxylation sites is 1. The number of anilines is 1. The van der Waals surface area contributed by atoms with E-state index >= 15 is 4.79 Å². The van der Waals surface area contributed by atoms with Crippen LogP contribution in [-0.4, -0.2) is 88.6 Å². The Kier molecular flexibility index (Phi) is 10.3. The molecule has 4 aliphatic heterocycles. The number of fused-ring (bicyclic) bond motifs is 2. The summed E-state index contributed by atoms with van der Waals surface area (Å²) in [6.07, 6.45) is 6.78. The summed E-state index contributed by atoms with van der Waals surface area (Å²) in [4.78, 5) is 62.6. The van der Waals surface area contributed by atoms with Gasteiger partial charge < -0.3 is 29.3 Å². The Morgan fingerprint density at radius 3 is 2.46 bits per heavy atom. The van der Waals surface area contributed by atoms with Crippen molar-refractivity contribution in [1.29, 1.82) is 0 Å². The third kappa shape index (κ3) is 5.95. The van der Waals surface area contributed by atoms with Crippen molar-refractivity contribution in [1.82, 2.24) is 9.80 Å². The maximum Gasteiger partial charge on any atom is 0.313 e. The van der Waals surface area contributed by atoms with Crippen LogP contribution in [0.3, 0.4) is 0 Å². The average Bonchev–Trinajstić information content (AvgIpc) is 3.76. The van der Waals surface area contributed by atoms with Gasteiger partial charge in [-0.1, -0.05) is 98.6 Å². The van der Waals surface area contributed by atoms with Gasteiger partial charge in [-0.15, -0.1) is 0 Å². The number of allylic oxidation sites excluding steroid dienone is 1. The van der Waals surface area contributed by atoms with Crippen LogP contribution in [0.15, 0.2) is 72.8 Å². The zero-order chi connectivity index (χ0) is 35.9. The van der Waals surface area contributed by atoms with E-state index in [-0.39, 0.29) is 31.4 Å². The molecule has 10 nitrogen and oxygen atoms in total. The molecule has 3 amide bonds. The van der Waals surface area contributed by atoms with E-state index in [1.54, 1.807) is 41.1 Å². The van der Waals surface area contributed by atoms with Gasteiger partial charge in [0.25, 0.3) is 5.91 Å². The second-order valence-corrected chi connectivity index (χ2v) is 14.4. The van der Waals surface area contributed by atoms with Gasteiger partial charge >= 0.3 is 5.97 Å².